The SMILES string of the molecule is C=C(O)[C@@H](CCSC)N1Cc2ccccc2C1=O. The second-order valence-corrected chi connectivity index (χ2v) is 5.36. The van der Waals surface area contributed by atoms with E-state index in [0.717, 1.165) is 23.3 Å². The maximum atomic E-state index is 12.3. The van der Waals surface area contributed by atoms with Crippen LogP contribution in [-0.4, -0.2) is 34.0 Å². The highest BCUT2D eigenvalue weighted by Crippen LogP contribution is 2.27. The minimum atomic E-state index is -0.280. The fraction of sp³-hybridized carbons (Fsp3) is 0.357. The average Bonchev–Trinajstić information content (AvgIpc) is 2.68. The summed E-state index contributed by atoms with van der Waals surface area (Å²) >= 11 is 1.70. The zero-order valence-electron chi connectivity index (χ0n) is 10.4. The Bertz CT molecular complexity index is 473. The van der Waals surface area contributed by atoms with Crippen molar-refractivity contribution < 1.29 is 9.90 Å². The van der Waals surface area contributed by atoms with Crippen LogP contribution in [0.5, 0.6) is 0 Å². The number of nitrogens with zero attached hydrogens (tertiary/aromatic N) is 1. The molecular weight excluding hydrogens is 246 g/mol. The summed E-state index contributed by atoms with van der Waals surface area (Å²) in [5.41, 5.74) is 1.77. The van der Waals surface area contributed by atoms with Crippen molar-refractivity contribution in [3.8, 4) is 0 Å². The first-order valence-corrected chi connectivity index (χ1v) is 7.30. The van der Waals surface area contributed by atoms with Gasteiger partial charge in [-0.1, -0.05) is 24.8 Å². The van der Waals surface area contributed by atoms with Gasteiger partial charge < -0.3 is 10.0 Å². The highest BCUT2D eigenvalue weighted by atomic mass is 32.2. The van der Waals surface area contributed by atoms with Crippen molar-refractivity contribution in [3.05, 3.63) is 47.7 Å². The van der Waals surface area contributed by atoms with Gasteiger partial charge in [-0.25, -0.2) is 0 Å². The van der Waals surface area contributed by atoms with Gasteiger partial charge in [0, 0.05) is 12.1 Å². The normalized spacial score (nSPS) is 15.6. The fourth-order valence-corrected chi connectivity index (χ4v) is 2.72. The van der Waals surface area contributed by atoms with Crippen molar-refractivity contribution in [2.75, 3.05) is 12.0 Å². The van der Waals surface area contributed by atoms with E-state index in [0.29, 0.717) is 6.54 Å². The molecule has 0 saturated carbocycles. The van der Waals surface area contributed by atoms with E-state index in [1.165, 1.54) is 0 Å². The Morgan fingerprint density at radius 1 is 1.56 bits per heavy atom. The number of carbonyl (C=O) groups excluding carboxylic acids is 1. The summed E-state index contributed by atoms with van der Waals surface area (Å²) in [6.45, 7) is 4.17. The van der Waals surface area contributed by atoms with Crippen LogP contribution in [0.15, 0.2) is 36.6 Å². The molecule has 1 aromatic rings. The molecule has 1 aliphatic rings. The van der Waals surface area contributed by atoms with Gasteiger partial charge in [-0.2, -0.15) is 11.8 Å². The quantitative estimate of drug-likeness (QED) is 0.830. The zero-order valence-corrected chi connectivity index (χ0v) is 11.2. The molecule has 0 bridgehead atoms. The maximum Gasteiger partial charge on any atom is 0.255 e. The monoisotopic (exact) mass is 263 g/mol. The number of hydrogen-bond acceptors (Lipinski definition) is 3. The molecule has 0 aliphatic carbocycles. The molecule has 0 radical (unpaired) electrons. The Labute approximate surface area is 111 Å². The molecular formula is C14H17NO2S. The molecule has 1 N–H and O–H groups in total. The Hall–Kier alpha value is -1.42. The molecule has 18 heavy (non-hydrogen) atoms. The second kappa shape index (κ2) is 5.48. The molecule has 3 nitrogen and oxygen atoms in total. The predicted octanol–water partition coefficient (Wildman–Crippen LogP) is 2.84. The van der Waals surface area contributed by atoms with Gasteiger partial charge >= 0.3 is 0 Å². The van der Waals surface area contributed by atoms with Crippen LogP contribution in [0.25, 0.3) is 0 Å². The Balaban J connectivity index is 2.20. The molecule has 1 amide bonds. The molecule has 1 atom stereocenters. The number of rotatable bonds is 5. The molecule has 96 valence electrons. The van der Waals surface area contributed by atoms with Gasteiger partial charge in [0.1, 0.15) is 5.76 Å². The first kappa shape index (κ1) is 13.0. The molecule has 1 aliphatic heterocycles. The smallest absolute Gasteiger partial charge is 0.255 e. The molecule has 0 saturated heterocycles. The lowest BCUT2D eigenvalue weighted by Crippen LogP contribution is -2.37. The highest BCUT2D eigenvalue weighted by Gasteiger charge is 2.33. The number of amides is 1. The summed E-state index contributed by atoms with van der Waals surface area (Å²) in [5, 5.41) is 9.70. The van der Waals surface area contributed by atoms with Gasteiger partial charge in [0.05, 0.1) is 6.04 Å². The number of carbonyl (C=O) groups is 1. The molecule has 1 aromatic carbocycles. The van der Waals surface area contributed by atoms with Crippen molar-refractivity contribution in [1.29, 1.82) is 0 Å². The standard InChI is InChI=1S/C14H17NO2S/c1-10(16)13(7-8-18-2)15-9-11-5-3-4-6-12(11)14(15)17/h3-6,13,16H,1,7-9H2,2H3/t13-/m1/s1. The summed E-state index contributed by atoms with van der Waals surface area (Å²) in [4.78, 5) is 14.0. The topological polar surface area (TPSA) is 40.5 Å². The van der Waals surface area contributed by atoms with Gasteiger partial charge in [-0.05, 0) is 30.1 Å². The van der Waals surface area contributed by atoms with E-state index in [-0.39, 0.29) is 17.7 Å². The van der Waals surface area contributed by atoms with Crippen LogP contribution in [0.2, 0.25) is 0 Å². The minimum Gasteiger partial charge on any atom is -0.511 e. The number of thioether (sulfide) groups is 1. The molecule has 0 unspecified atom stereocenters. The molecule has 0 aromatic heterocycles. The Morgan fingerprint density at radius 3 is 2.89 bits per heavy atom. The highest BCUT2D eigenvalue weighted by molar-refractivity contribution is 7.98. The number of aliphatic hydroxyl groups excluding tert-OH is 1. The van der Waals surface area contributed by atoms with Gasteiger partial charge in [-0.3, -0.25) is 4.79 Å². The third-order valence-electron chi connectivity index (χ3n) is 3.21. The molecule has 0 fully saturated rings. The summed E-state index contributed by atoms with van der Waals surface area (Å²) in [6.07, 6.45) is 2.74. The van der Waals surface area contributed by atoms with Crippen LogP contribution in [0.3, 0.4) is 0 Å². The Kier molecular flexibility index (Phi) is 3.97. The van der Waals surface area contributed by atoms with E-state index in [1.807, 2.05) is 30.5 Å². The van der Waals surface area contributed by atoms with Crippen molar-refractivity contribution in [1.82, 2.24) is 4.90 Å². The third kappa shape index (κ3) is 2.38. The van der Waals surface area contributed by atoms with E-state index < -0.39 is 0 Å². The fourth-order valence-electron chi connectivity index (χ4n) is 2.26. The van der Waals surface area contributed by atoms with Gasteiger partial charge in [0.25, 0.3) is 5.91 Å². The average molecular weight is 263 g/mol. The van der Waals surface area contributed by atoms with Crippen LogP contribution in [0.4, 0.5) is 0 Å². The van der Waals surface area contributed by atoms with Gasteiger partial charge in [0.15, 0.2) is 0 Å². The number of benzene rings is 1. The molecule has 2 rings (SSSR count). The van der Waals surface area contributed by atoms with Crippen molar-refractivity contribution in [2.24, 2.45) is 0 Å². The van der Waals surface area contributed by atoms with Crippen LogP contribution in [-0.2, 0) is 6.54 Å². The van der Waals surface area contributed by atoms with E-state index in [4.69, 9.17) is 0 Å². The van der Waals surface area contributed by atoms with Crippen molar-refractivity contribution in [3.63, 3.8) is 0 Å². The van der Waals surface area contributed by atoms with Gasteiger partial charge in [-0.15, -0.1) is 0 Å². The maximum absolute atomic E-state index is 12.3. The van der Waals surface area contributed by atoms with E-state index >= 15 is 0 Å². The number of hydrogen-bond donors (Lipinski definition) is 1. The van der Waals surface area contributed by atoms with Crippen LogP contribution in [0.1, 0.15) is 22.3 Å². The summed E-state index contributed by atoms with van der Waals surface area (Å²) in [5.74, 6) is 0.960. The summed E-state index contributed by atoms with van der Waals surface area (Å²) in [6, 6.07) is 7.31. The minimum absolute atomic E-state index is 0.00750. The molecule has 1 heterocycles. The molecule has 4 heteroatoms. The lowest BCUT2D eigenvalue weighted by Gasteiger charge is -2.26. The second-order valence-electron chi connectivity index (χ2n) is 4.38. The number of fused-ring (bicyclic) bond motifs is 1. The van der Waals surface area contributed by atoms with E-state index in [1.54, 1.807) is 16.7 Å². The van der Waals surface area contributed by atoms with E-state index in [2.05, 4.69) is 6.58 Å². The third-order valence-corrected chi connectivity index (χ3v) is 3.85. The lowest BCUT2D eigenvalue weighted by molar-refractivity contribution is 0.0689. The predicted molar refractivity (Wildman–Crippen MR) is 74.9 cm³/mol. The Morgan fingerprint density at radius 2 is 2.28 bits per heavy atom. The zero-order chi connectivity index (χ0) is 13.1. The number of aliphatic hydroxyl groups is 1. The van der Waals surface area contributed by atoms with Crippen molar-refractivity contribution >= 4 is 17.7 Å². The van der Waals surface area contributed by atoms with Crippen LogP contribution in [0, 0.1) is 0 Å². The van der Waals surface area contributed by atoms with Crippen LogP contribution >= 0.6 is 11.8 Å². The summed E-state index contributed by atoms with van der Waals surface area (Å²) < 4.78 is 0. The van der Waals surface area contributed by atoms with E-state index in [9.17, 15) is 9.90 Å². The lowest BCUT2D eigenvalue weighted by atomic mass is 10.1. The largest absolute Gasteiger partial charge is 0.511 e. The summed E-state index contributed by atoms with van der Waals surface area (Å²) in [7, 11) is 0. The first-order valence-electron chi connectivity index (χ1n) is 5.90. The van der Waals surface area contributed by atoms with Gasteiger partial charge in [0.2, 0.25) is 0 Å². The first-order chi connectivity index (χ1) is 8.65. The van der Waals surface area contributed by atoms with Crippen LogP contribution < -0.4 is 0 Å². The molecule has 0 spiro atoms. The van der Waals surface area contributed by atoms with Crippen molar-refractivity contribution in [2.45, 2.75) is 19.0 Å².